The standard InChI is InChI=1S/C21H27F3N4O5S/c22-21(23,24)17-5-2-14(16(25-17)12-18(29)26-34(32,33)15-3-4-15)13-28-9-1-6-20(28)7-10-27(11-8-20)19(30)31/h2,5,15H,1,3-4,6-13H2,(H,26,29)(H,30,31)/p-1. The quantitative estimate of drug-likeness (QED) is 0.615. The second-order valence-corrected chi connectivity index (χ2v) is 11.2. The summed E-state index contributed by atoms with van der Waals surface area (Å²) in [5, 5.41) is 10.5. The molecule has 1 aromatic heterocycles. The van der Waals surface area contributed by atoms with Gasteiger partial charge in [-0.1, -0.05) is 6.07 Å². The van der Waals surface area contributed by atoms with Gasteiger partial charge in [0.1, 0.15) is 11.8 Å². The summed E-state index contributed by atoms with van der Waals surface area (Å²) in [6.07, 6.45) is -2.80. The Labute approximate surface area is 195 Å². The van der Waals surface area contributed by atoms with Gasteiger partial charge in [0.15, 0.2) is 0 Å². The maximum atomic E-state index is 13.3. The third-order valence-electron chi connectivity index (χ3n) is 6.96. The number of hydrogen-bond donors (Lipinski definition) is 1. The first-order valence-corrected chi connectivity index (χ1v) is 12.8. The van der Waals surface area contributed by atoms with E-state index in [1.54, 1.807) is 0 Å². The number of likely N-dealkylation sites (tertiary alicyclic amines) is 2. The zero-order chi connectivity index (χ0) is 24.7. The fourth-order valence-electron chi connectivity index (χ4n) is 4.91. The molecule has 2 amide bonds. The number of aromatic nitrogens is 1. The van der Waals surface area contributed by atoms with Crippen molar-refractivity contribution < 1.29 is 36.3 Å². The molecule has 2 aliphatic heterocycles. The van der Waals surface area contributed by atoms with Crippen LogP contribution < -0.4 is 9.83 Å². The molecule has 1 spiro atoms. The van der Waals surface area contributed by atoms with Crippen LogP contribution in [0.5, 0.6) is 0 Å². The van der Waals surface area contributed by atoms with E-state index in [1.807, 2.05) is 4.72 Å². The van der Waals surface area contributed by atoms with Gasteiger partial charge in [0.05, 0.1) is 17.4 Å². The van der Waals surface area contributed by atoms with E-state index in [1.165, 1.54) is 11.0 Å². The van der Waals surface area contributed by atoms with Crippen molar-refractivity contribution in [2.24, 2.45) is 0 Å². The molecule has 0 atom stereocenters. The molecular formula is C21H26F3N4O5S-. The number of nitrogens with one attached hydrogen (secondary N) is 1. The minimum atomic E-state index is -4.71. The van der Waals surface area contributed by atoms with Gasteiger partial charge < -0.3 is 14.8 Å². The van der Waals surface area contributed by atoms with Gasteiger partial charge >= 0.3 is 6.18 Å². The molecule has 1 N–H and O–H groups in total. The number of hydrogen-bond acceptors (Lipinski definition) is 7. The zero-order valence-corrected chi connectivity index (χ0v) is 19.3. The molecule has 0 aromatic carbocycles. The second-order valence-electron chi connectivity index (χ2n) is 9.25. The minimum absolute atomic E-state index is 0.118. The lowest BCUT2D eigenvalue weighted by molar-refractivity contribution is -0.267. The highest BCUT2D eigenvalue weighted by molar-refractivity contribution is 7.90. The van der Waals surface area contributed by atoms with E-state index >= 15 is 0 Å². The maximum Gasteiger partial charge on any atom is 0.433 e. The summed E-state index contributed by atoms with van der Waals surface area (Å²) in [6, 6.07) is 2.15. The van der Waals surface area contributed by atoms with Crippen LogP contribution in [0.15, 0.2) is 12.1 Å². The normalized spacial score (nSPS) is 21.1. The Morgan fingerprint density at radius 1 is 1.15 bits per heavy atom. The number of rotatable bonds is 6. The lowest BCUT2D eigenvalue weighted by Gasteiger charge is -2.46. The number of pyridine rings is 1. The number of carboxylic acid groups (broad SMARTS) is 1. The molecule has 4 rings (SSSR count). The van der Waals surface area contributed by atoms with Crippen LogP contribution in [0.1, 0.15) is 55.5 Å². The molecule has 0 bridgehead atoms. The van der Waals surface area contributed by atoms with Crippen LogP contribution >= 0.6 is 0 Å². The summed E-state index contributed by atoms with van der Waals surface area (Å²) in [4.78, 5) is 30.6. The van der Waals surface area contributed by atoms with Crippen LogP contribution in [0.25, 0.3) is 0 Å². The van der Waals surface area contributed by atoms with Crippen molar-refractivity contribution in [2.75, 3.05) is 19.6 Å². The van der Waals surface area contributed by atoms with E-state index in [0.717, 1.165) is 18.9 Å². The first kappa shape index (κ1) is 24.7. The monoisotopic (exact) mass is 503 g/mol. The maximum absolute atomic E-state index is 13.3. The van der Waals surface area contributed by atoms with Gasteiger partial charge in [-0.25, -0.2) is 13.4 Å². The van der Waals surface area contributed by atoms with E-state index in [0.29, 0.717) is 50.9 Å². The molecule has 1 aliphatic carbocycles. The molecule has 3 aliphatic rings. The van der Waals surface area contributed by atoms with Crippen molar-refractivity contribution in [3.05, 3.63) is 29.1 Å². The molecular weight excluding hydrogens is 477 g/mol. The smallest absolute Gasteiger partial charge is 0.433 e. The Morgan fingerprint density at radius 2 is 1.82 bits per heavy atom. The summed E-state index contributed by atoms with van der Waals surface area (Å²) in [5.41, 5.74) is -1.14. The number of piperidine rings is 1. The summed E-state index contributed by atoms with van der Waals surface area (Å²) in [7, 11) is -3.83. The number of alkyl halides is 3. The average Bonchev–Trinajstić information content (AvgIpc) is 3.54. The SMILES string of the molecule is O=C(Cc1nc(C(F)(F)F)ccc1CN1CCCC12CCN(C(=O)[O-])CC2)NS(=O)(=O)C1CC1. The van der Waals surface area contributed by atoms with Gasteiger partial charge in [-0.05, 0) is 56.7 Å². The molecule has 188 valence electrons. The van der Waals surface area contributed by atoms with E-state index in [4.69, 9.17) is 0 Å². The third-order valence-corrected chi connectivity index (χ3v) is 8.82. The number of carbonyl (C=O) groups excluding carboxylic acids is 2. The van der Waals surface area contributed by atoms with Crippen LogP contribution in [-0.2, 0) is 34.0 Å². The predicted molar refractivity (Wildman–Crippen MR) is 112 cm³/mol. The number of amides is 2. The molecule has 0 unspecified atom stereocenters. The molecule has 34 heavy (non-hydrogen) atoms. The molecule has 13 heteroatoms. The van der Waals surface area contributed by atoms with Gasteiger partial charge in [-0.15, -0.1) is 0 Å². The van der Waals surface area contributed by atoms with E-state index in [-0.39, 0.29) is 17.8 Å². The minimum Gasteiger partial charge on any atom is -0.530 e. The van der Waals surface area contributed by atoms with Crippen LogP contribution in [0.2, 0.25) is 0 Å². The van der Waals surface area contributed by atoms with Gasteiger partial charge in [0.25, 0.3) is 0 Å². The van der Waals surface area contributed by atoms with Gasteiger partial charge in [-0.2, -0.15) is 13.2 Å². The lowest BCUT2D eigenvalue weighted by Crippen LogP contribution is -2.55. The summed E-state index contributed by atoms with van der Waals surface area (Å²) < 4.78 is 66.0. The number of carbonyl (C=O) groups is 2. The molecule has 1 aromatic rings. The molecule has 1 saturated carbocycles. The van der Waals surface area contributed by atoms with Gasteiger partial charge in [-0.3, -0.25) is 14.4 Å². The second kappa shape index (κ2) is 8.99. The zero-order valence-electron chi connectivity index (χ0n) is 18.4. The lowest BCUT2D eigenvalue weighted by atomic mass is 9.84. The fourth-order valence-corrected chi connectivity index (χ4v) is 6.22. The summed E-state index contributed by atoms with van der Waals surface area (Å²) in [5.74, 6) is -0.918. The Hall–Kier alpha value is -2.41. The van der Waals surface area contributed by atoms with Gasteiger partial charge in [0.2, 0.25) is 15.9 Å². The highest BCUT2D eigenvalue weighted by atomic mass is 32.2. The van der Waals surface area contributed by atoms with Crippen molar-refractivity contribution in [1.29, 1.82) is 0 Å². The van der Waals surface area contributed by atoms with Crippen molar-refractivity contribution in [3.8, 4) is 0 Å². The first-order valence-electron chi connectivity index (χ1n) is 11.2. The Kier molecular flexibility index (Phi) is 6.53. The molecule has 2 saturated heterocycles. The Morgan fingerprint density at radius 3 is 2.41 bits per heavy atom. The Balaban J connectivity index is 1.54. The van der Waals surface area contributed by atoms with Crippen LogP contribution in [0.3, 0.4) is 0 Å². The van der Waals surface area contributed by atoms with E-state index in [2.05, 4.69) is 9.88 Å². The molecule has 9 nitrogen and oxygen atoms in total. The number of halogens is 3. The van der Waals surface area contributed by atoms with Crippen LogP contribution in [-0.4, -0.2) is 65.6 Å². The van der Waals surface area contributed by atoms with Crippen molar-refractivity contribution in [1.82, 2.24) is 19.5 Å². The summed E-state index contributed by atoms with van der Waals surface area (Å²) in [6.45, 7) is 1.54. The number of nitrogens with zero attached hydrogens (tertiary/aromatic N) is 3. The van der Waals surface area contributed by atoms with Crippen molar-refractivity contribution in [3.63, 3.8) is 0 Å². The topological polar surface area (TPSA) is 123 Å². The van der Waals surface area contributed by atoms with Crippen molar-refractivity contribution in [2.45, 2.75) is 68.5 Å². The largest absolute Gasteiger partial charge is 0.530 e. The van der Waals surface area contributed by atoms with Crippen LogP contribution in [0, 0.1) is 0 Å². The third kappa shape index (κ3) is 5.29. The number of sulfonamides is 1. The van der Waals surface area contributed by atoms with Crippen molar-refractivity contribution >= 4 is 22.0 Å². The summed E-state index contributed by atoms with van der Waals surface area (Å²) >= 11 is 0. The predicted octanol–water partition coefficient (Wildman–Crippen LogP) is 1.02. The molecule has 3 heterocycles. The van der Waals surface area contributed by atoms with E-state index < -0.39 is 45.6 Å². The van der Waals surface area contributed by atoms with E-state index in [9.17, 15) is 36.3 Å². The highest BCUT2D eigenvalue weighted by Crippen LogP contribution is 2.40. The first-order chi connectivity index (χ1) is 15.9. The highest BCUT2D eigenvalue weighted by Gasteiger charge is 2.43. The Bertz CT molecular complexity index is 1070. The fraction of sp³-hybridized carbons (Fsp3) is 0.667. The van der Waals surface area contributed by atoms with Crippen LogP contribution in [0.4, 0.5) is 18.0 Å². The molecule has 0 radical (unpaired) electrons. The average molecular weight is 504 g/mol. The van der Waals surface area contributed by atoms with Gasteiger partial charge in [0, 0.05) is 25.2 Å². The molecule has 3 fully saturated rings.